The summed E-state index contributed by atoms with van der Waals surface area (Å²) in [6.45, 7) is 10.4. The Kier molecular flexibility index (Phi) is 6.06. The van der Waals surface area contributed by atoms with Crippen molar-refractivity contribution in [3.05, 3.63) is 0 Å². The first-order valence-corrected chi connectivity index (χ1v) is 7.58. The van der Waals surface area contributed by atoms with E-state index in [0.29, 0.717) is 0 Å². The third-order valence-corrected chi connectivity index (χ3v) is 4.90. The summed E-state index contributed by atoms with van der Waals surface area (Å²) in [5.74, 6) is 3.09. The van der Waals surface area contributed by atoms with E-state index in [4.69, 9.17) is 0 Å². The van der Waals surface area contributed by atoms with E-state index in [1.807, 2.05) is 0 Å². The molecule has 0 aliphatic heterocycles. The Bertz CT molecular complexity index is 170. The van der Waals surface area contributed by atoms with Crippen molar-refractivity contribution in [2.24, 2.45) is 11.8 Å². The highest BCUT2D eigenvalue weighted by Crippen LogP contribution is 2.36. The minimum Gasteiger partial charge on any atom is -0.313 e. The second-order valence-electron chi connectivity index (χ2n) is 4.98. The van der Waals surface area contributed by atoms with Crippen LogP contribution in [-0.2, 0) is 0 Å². The monoisotopic (exact) mass is 229 g/mol. The molecule has 0 bridgehead atoms. The largest absolute Gasteiger partial charge is 0.313 e. The van der Waals surface area contributed by atoms with Gasteiger partial charge in [0.1, 0.15) is 0 Å². The zero-order valence-electron chi connectivity index (χ0n) is 10.8. The Balaban J connectivity index is 2.48. The van der Waals surface area contributed by atoms with E-state index in [9.17, 15) is 0 Å². The van der Waals surface area contributed by atoms with E-state index in [-0.39, 0.29) is 0 Å². The molecule has 0 amide bonds. The van der Waals surface area contributed by atoms with Crippen LogP contribution < -0.4 is 5.32 Å². The van der Waals surface area contributed by atoms with Gasteiger partial charge in [-0.25, -0.2) is 0 Å². The number of hydrogen-bond donors (Lipinski definition) is 1. The lowest BCUT2D eigenvalue weighted by molar-refractivity contribution is 0.247. The van der Waals surface area contributed by atoms with Gasteiger partial charge in [-0.05, 0) is 43.4 Å². The maximum atomic E-state index is 3.66. The van der Waals surface area contributed by atoms with Gasteiger partial charge in [0.05, 0.1) is 0 Å². The molecule has 15 heavy (non-hydrogen) atoms. The summed E-state index contributed by atoms with van der Waals surface area (Å²) in [5, 5.41) is 4.52. The minimum atomic E-state index is 0.773. The SMILES string of the molecule is CCNC1CCC(C(C)C)CC1SCC. The van der Waals surface area contributed by atoms with Crippen LogP contribution in [0.15, 0.2) is 0 Å². The Hall–Kier alpha value is 0.310. The summed E-state index contributed by atoms with van der Waals surface area (Å²) in [7, 11) is 0. The van der Waals surface area contributed by atoms with Gasteiger partial charge in [-0.15, -0.1) is 0 Å². The molecule has 1 aliphatic rings. The van der Waals surface area contributed by atoms with Crippen LogP contribution in [0, 0.1) is 11.8 Å². The molecule has 90 valence electrons. The molecule has 0 radical (unpaired) electrons. The van der Waals surface area contributed by atoms with Crippen LogP contribution in [0.3, 0.4) is 0 Å². The average Bonchev–Trinajstić information content (AvgIpc) is 2.21. The highest BCUT2D eigenvalue weighted by molar-refractivity contribution is 7.99. The van der Waals surface area contributed by atoms with Crippen molar-refractivity contribution in [2.45, 2.75) is 58.2 Å². The van der Waals surface area contributed by atoms with Crippen LogP contribution in [0.5, 0.6) is 0 Å². The molecular weight excluding hydrogens is 202 g/mol. The predicted octanol–water partition coefficient (Wildman–Crippen LogP) is 3.54. The Morgan fingerprint density at radius 3 is 2.53 bits per heavy atom. The third-order valence-electron chi connectivity index (χ3n) is 3.62. The highest BCUT2D eigenvalue weighted by atomic mass is 32.2. The summed E-state index contributed by atoms with van der Waals surface area (Å²) < 4.78 is 0. The van der Waals surface area contributed by atoms with Crippen LogP contribution in [0.1, 0.15) is 47.0 Å². The molecule has 1 N–H and O–H groups in total. The van der Waals surface area contributed by atoms with Crippen molar-refractivity contribution < 1.29 is 0 Å². The van der Waals surface area contributed by atoms with E-state index >= 15 is 0 Å². The minimum absolute atomic E-state index is 0.773. The maximum absolute atomic E-state index is 3.66. The van der Waals surface area contributed by atoms with Gasteiger partial charge in [-0.2, -0.15) is 11.8 Å². The van der Waals surface area contributed by atoms with Crippen molar-refractivity contribution in [3.63, 3.8) is 0 Å². The van der Waals surface area contributed by atoms with Crippen molar-refractivity contribution in [3.8, 4) is 0 Å². The summed E-state index contributed by atoms with van der Waals surface area (Å²) in [6.07, 6.45) is 4.23. The van der Waals surface area contributed by atoms with E-state index in [1.165, 1.54) is 25.0 Å². The topological polar surface area (TPSA) is 12.0 Å². The molecule has 0 heterocycles. The molecule has 1 saturated carbocycles. The lowest BCUT2D eigenvalue weighted by atomic mass is 9.79. The first-order chi connectivity index (χ1) is 7.19. The van der Waals surface area contributed by atoms with Crippen molar-refractivity contribution in [1.29, 1.82) is 0 Å². The molecule has 0 aromatic rings. The fourth-order valence-electron chi connectivity index (χ4n) is 2.66. The average molecular weight is 229 g/mol. The second kappa shape index (κ2) is 6.80. The van der Waals surface area contributed by atoms with E-state index in [0.717, 1.165) is 29.7 Å². The summed E-state index contributed by atoms with van der Waals surface area (Å²) in [4.78, 5) is 0. The van der Waals surface area contributed by atoms with E-state index < -0.39 is 0 Å². The quantitative estimate of drug-likeness (QED) is 0.774. The zero-order chi connectivity index (χ0) is 11.3. The van der Waals surface area contributed by atoms with Gasteiger partial charge in [0, 0.05) is 11.3 Å². The first kappa shape index (κ1) is 13.4. The Morgan fingerprint density at radius 2 is 2.00 bits per heavy atom. The molecule has 1 fully saturated rings. The summed E-state index contributed by atoms with van der Waals surface area (Å²) >= 11 is 2.16. The zero-order valence-corrected chi connectivity index (χ0v) is 11.6. The van der Waals surface area contributed by atoms with Crippen LogP contribution in [0.2, 0.25) is 0 Å². The molecule has 1 nitrogen and oxygen atoms in total. The first-order valence-electron chi connectivity index (χ1n) is 6.54. The lowest BCUT2D eigenvalue weighted by Crippen LogP contribution is -2.43. The maximum Gasteiger partial charge on any atom is 0.0203 e. The van der Waals surface area contributed by atoms with Crippen molar-refractivity contribution >= 4 is 11.8 Å². The molecule has 2 heteroatoms. The predicted molar refractivity (Wildman–Crippen MR) is 71.6 cm³/mol. The van der Waals surface area contributed by atoms with Crippen LogP contribution in [0.25, 0.3) is 0 Å². The second-order valence-corrected chi connectivity index (χ2v) is 6.49. The van der Waals surface area contributed by atoms with Crippen LogP contribution >= 0.6 is 11.8 Å². The Morgan fingerprint density at radius 1 is 1.27 bits per heavy atom. The molecule has 0 spiro atoms. The van der Waals surface area contributed by atoms with Gasteiger partial charge >= 0.3 is 0 Å². The fourth-order valence-corrected chi connectivity index (χ4v) is 3.94. The van der Waals surface area contributed by atoms with Crippen LogP contribution in [0.4, 0.5) is 0 Å². The number of nitrogens with one attached hydrogen (secondary N) is 1. The molecule has 3 unspecified atom stereocenters. The molecule has 0 saturated heterocycles. The smallest absolute Gasteiger partial charge is 0.0203 e. The highest BCUT2D eigenvalue weighted by Gasteiger charge is 2.30. The van der Waals surface area contributed by atoms with Crippen LogP contribution in [-0.4, -0.2) is 23.6 Å². The van der Waals surface area contributed by atoms with E-state index in [1.54, 1.807) is 0 Å². The Labute approximate surface area is 99.8 Å². The standard InChI is InChI=1S/C13H27NS/c1-5-14-12-8-7-11(10(3)4)9-13(12)15-6-2/h10-14H,5-9H2,1-4H3. The van der Waals surface area contributed by atoms with Gasteiger partial charge in [0.2, 0.25) is 0 Å². The summed E-state index contributed by atoms with van der Waals surface area (Å²) in [5.41, 5.74) is 0. The van der Waals surface area contributed by atoms with Gasteiger partial charge < -0.3 is 5.32 Å². The molecule has 0 aromatic heterocycles. The summed E-state index contributed by atoms with van der Waals surface area (Å²) in [6, 6.07) is 0.773. The molecule has 0 aromatic carbocycles. The van der Waals surface area contributed by atoms with Crippen molar-refractivity contribution in [2.75, 3.05) is 12.3 Å². The molecule has 1 aliphatic carbocycles. The molecule has 3 atom stereocenters. The number of hydrogen-bond acceptors (Lipinski definition) is 2. The van der Waals surface area contributed by atoms with Gasteiger partial charge in [0.25, 0.3) is 0 Å². The number of thioether (sulfide) groups is 1. The molecule has 1 rings (SSSR count). The fraction of sp³-hybridized carbons (Fsp3) is 1.00. The van der Waals surface area contributed by atoms with Gasteiger partial charge in [0.15, 0.2) is 0 Å². The molecular formula is C13H27NS. The van der Waals surface area contributed by atoms with Crippen molar-refractivity contribution in [1.82, 2.24) is 5.32 Å². The van der Waals surface area contributed by atoms with Gasteiger partial charge in [-0.3, -0.25) is 0 Å². The normalized spacial score (nSPS) is 32.2. The number of rotatable bonds is 5. The lowest BCUT2D eigenvalue weighted by Gasteiger charge is -2.37. The van der Waals surface area contributed by atoms with Gasteiger partial charge in [-0.1, -0.05) is 27.7 Å². The van der Waals surface area contributed by atoms with E-state index in [2.05, 4.69) is 44.8 Å². The third kappa shape index (κ3) is 3.99.